The van der Waals surface area contributed by atoms with Crippen LogP contribution < -0.4 is 16.2 Å². The number of nitrogens with zero attached hydrogens (tertiary/aromatic N) is 4. The van der Waals surface area contributed by atoms with Gasteiger partial charge >= 0.3 is 10.2 Å². The van der Waals surface area contributed by atoms with Crippen molar-refractivity contribution in [1.82, 2.24) is 18.8 Å². The second kappa shape index (κ2) is 10.1. The number of rotatable bonds is 7. The van der Waals surface area contributed by atoms with Gasteiger partial charge < -0.3 is 10.6 Å². The Morgan fingerprint density at radius 3 is 2.32 bits per heavy atom. The fourth-order valence-corrected chi connectivity index (χ4v) is 5.40. The van der Waals surface area contributed by atoms with Crippen LogP contribution in [0.4, 0.5) is 15.5 Å². The summed E-state index contributed by atoms with van der Waals surface area (Å²) in [7, 11) is -8.12. The zero-order valence-electron chi connectivity index (χ0n) is 20.0. The van der Waals surface area contributed by atoms with Crippen molar-refractivity contribution in [3.8, 4) is 0 Å². The van der Waals surface area contributed by atoms with Crippen LogP contribution in [0.25, 0.3) is 11.0 Å². The van der Waals surface area contributed by atoms with E-state index < -0.39 is 42.7 Å². The summed E-state index contributed by atoms with van der Waals surface area (Å²) in [4.78, 5) is 33.9. The molecule has 1 aliphatic rings. The highest BCUT2D eigenvalue weighted by atomic mass is 32.3. The van der Waals surface area contributed by atoms with Crippen molar-refractivity contribution < 1.29 is 25.5 Å². The third-order valence-corrected chi connectivity index (χ3v) is 8.23. The quantitative estimate of drug-likeness (QED) is 0.414. The number of fused-ring (bicyclic) bond motifs is 1. The van der Waals surface area contributed by atoms with Gasteiger partial charge in [-0.25, -0.2) is 17.7 Å². The van der Waals surface area contributed by atoms with E-state index in [1.54, 1.807) is 6.07 Å². The van der Waals surface area contributed by atoms with Crippen molar-refractivity contribution >= 4 is 48.8 Å². The summed E-state index contributed by atoms with van der Waals surface area (Å²) < 4.78 is 61.2. The van der Waals surface area contributed by atoms with E-state index in [-0.39, 0.29) is 23.3 Å². The molecule has 1 aromatic carbocycles. The number of halogens is 1. The van der Waals surface area contributed by atoms with Gasteiger partial charge in [-0.2, -0.15) is 13.4 Å². The SMILES string of the molecule is CC(C(=O)Nc1ccc(S(=O)(=O)F)cc1)n1c(=O)ccc2cnc(NC3CCN(S(C)(=O)=O)CC3)nc21. The molecular weight excluding hydrogens is 527 g/mol. The van der Waals surface area contributed by atoms with Crippen LogP contribution >= 0.6 is 0 Å². The number of aromatic nitrogens is 3. The molecule has 0 radical (unpaired) electrons. The number of hydrogen-bond acceptors (Lipinski definition) is 9. The predicted molar refractivity (Wildman–Crippen MR) is 135 cm³/mol. The van der Waals surface area contributed by atoms with Gasteiger partial charge in [0.25, 0.3) is 5.56 Å². The summed E-state index contributed by atoms with van der Waals surface area (Å²) in [6.07, 6.45) is 3.80. The molecule has 4 rings (SSSR count). The lowest BCUT2D eigenvalue weighted by Crippen LogP contribution is -2.42. The van der Waals surface area contributed by atoms with Crippen LogP contribution in [-0.2, 0) is 25.0 Å². The zero-order chi connectivity index (χ0) is 27.0. The standard InChI is InChI=1S/C22H25FN6O6S2/c1-14(21(31)25-16-4-6-18(7-5-16)37(23,34)35)29-19(30)8-3-15-13-24-22(27-20(15)29)26-17-9-11-28(12-10-17)36(2,32)33/h3-8,13-14,17H,9-12H2,1-2H3,(H,25,31)(H,24,26,27). The molecule has 1 saturated heterocycles. The van der Waals surface area contributed by atoms with Crippen molar-refractivity contribution in [2.24, 2.45) is 0 Å². The maximum absolute atomic E-state index is 13.1. The fraction of sp³-hybridized carbons (Fsp3) is 0.364. The number of amides is 1. The van der Waals surface area contributed by atoms with E-state index in [2.05, 4.69) is 20.6 Å². The van der Waals surface area contributed by atoms with Gasteiger partial charge in [0.1, 0.15) is 11.7 Å². The number of hydrogen-bond donors (Lipinski definition) is 2. The Kier molecular flexibility index (Phi) is 7.30. The number of piperidine rings is 1. The van der Waals surface area contributed by atoms with E-state index >= 15 is 0 Å². The summed E-state index contributed by atoms with van der Waals surface area (Å²) in [5, 5.41) is 6.28. The van der Waals surface area contributed by atoms with E-state index in [0.717, 1.165) is 12.1 Å². The van der Waals surface area contributed by atoms with Gasteiger partial charge in [-0.3, -0.25) is 14.2 Å². The first-order valence-corrected chi connectivity index (χ1v) is 14.5. The minimum Gasteiger partial charge on any atom is -0.351 e. The van der Waals surface area contributed by atoms with E-state index in [4.69, 9.17) is 0 Å². The molecule has 37 heavy (non-hydrogen) atoms. The second-order valence-corrected chi connectivity index (χ2v) is 12.1. The summed E-state index contributed by atoms with van der Waals surface area (Å²) in [6.45, 7) is 2.24. The fourth-order valence-electron chi connectivity index (χ4n) is 4.06. The van der Waals surface area contributed by atoms with Gasteiger partial charge in [0.2, 0.25) is 21.9 Å². The highest BCUT2D eigenvalue weighted by Crippen LogP contribution is 2.21. The molecular formula is C22H25FN6O6S2. The Bertz CT molecular complexity index is 1600. The number of anilines is 2. The molecule has 1 atom stereocenters. The number of nitrogens with one attached hydrogen (secondary N) is 2. The second-order valence-electron chi connectivity index (χ2n) is 8.72. The number of pyridine rings is 1. The average Bonchev–Trinajstić information content (AvgIpc) is 2.83. The largest absolute Gasteiger partial charge is 0.351 e. The predicted octanol–water partition coefficient (Wildman–Crippen LogP) is 1.49. The third-order valence-electron chi connectivity index (χ3n) is 6.09. The van der Waals surface area contributed by atoms with Gasteiger partial charge in [-0.05, 0) is 50.1 Å². The molecule has 0 aliphatic carbocycles. The highest BCUT2D eigenvalue weighted by molar-refractivity contribution is 7.88. The average molecular weight is 553 g/mol. The molecule has 3 heterocycles. The van der Waals surface area contributed by atoms with Crippen molar-refractivity contribution in [1.29, 1.82) is 0 Å². The topological polar surface area (TPSA) is 160 Å². The minimum atomic E-state index is -4.87. The van der Waals surface area contributed by atoms with Crippen LogP contribution in [0.15, 0.2) is 52.3 Å². The molecule has 1 amide bonds. The monoisotopic (exact) mass is 552 g/mol. The number of carbonyl (C=O) groups excluding carboxylic acids is 1. The number of carbonyl (C=O) groups is 1. The van der Waals surface area contributed by atoms with Crippen LogP contribution in [0.3, 0.4) is 0 Å². The van der Waals surface area contributed by atoms with Crippen molar-refractivity contribution in [2.75, 3.05) is 30.0 Å². The van der Waals surface area contributed by atoms with Crippen LogP contribution in [0.1, 0.15) is 25.8 Å². The number of benzene rings is 1. The Labute approximate surface area is 212 Å². The van der Waals surface area contributed by atoms with Crippen LogP contribution in [0.5, 0.6) is 0 Å². The van der Waals surface area contributed by atoms with Crippen LogP contribution in [-0.4, -0.2) is 67.0 Å². The third kappa shape index (κ3) is 6.11. The van der Waals surface area contributed by atoms with E-state index in [1.807, 2.05) is 0 Å². The lowest BCUT2D eigenvalue weighted by molar-refractivity contribution is -0.118. The van der Waals surface area contributed by atoms with Gasteiger partial charge in [0.15, 0.2) is 0 Å². The molecule has 15 heteroatoms. The normalized spacial score (nSPS) is 16.4. The minimum absolute atomic E-state index is 0.0730. The summed E-state index contributed by atoms with van der Waals surface area (Å²) in [5.74, 6) is -0.341. The summed E-state index contributed by atoms with van der Waals surface area (Å²) >= 11 is 0. The lowest BCUT2D eigenvalue weighted by Gasteiger charge is -2.30. The van der Waals surface area contributed by atoms with Crippen LogP contribution in [0, 0.1) is 0 Å². The van der Waals surface area contributed by atoms with Crippen molar-refractivity contribution in [3.05, 3.63) is 52.9 Å². The molecule has 0 spiro atoms. The molecule has 0 saturated carbocycles. The Morgan fingerprint density at radius 2 is 1.73 bits per heavy atom. The van der Waals surface area contributed by atoms with Gasteiger partial charge in [0.05, 0.1) is 11.2 Å². The Hall–Kier alpha value is -3.43. The Morgan fingerprint density at radius 1 is 1.08 bits per heavy atom. The van der Waals surface area contributed by atoms with Crippen molar-refractivity contribution in [2.45, 2.75) is 36.7 Å². The van der Waals surface area contributed by atoms with Crippen molar-refractivity contribution in [3.63, 3.8) is 0 Å². The molecule has 1 unspecified atom stereocenters. The molecule has 3 aromatic rings. The first-order chi connectivity index (χ1) is 17.3. The zero-order valence-corrected chi connectivity index (χ0v) is 21.6. The molecule has 198 valence electrons. The highest BCUT2D eigenvalue weighted by Gasteiger charge is 2.26. The maximum Gasteiger partial charge on any atom is 0.332 e. The molecule has 12 nitrogen and oxygen atoms in total. The van der Waals surface area contributed by atoms with E-state index in [0.29, 0.717) is 31.3 Å². The summed E-state index contributed by atoms with van der Waals surface area (Å²) in [6, 6.07) is 6.27. The number of sulfonamides is 1. The lowest BCUT2D eigenvalue weighted by atomic mass is 10.1. The molecule has 2 aromatic heterocycles. The molecule has 0 bridgehead atoms. The van der Waals surface area contributed by atoms with E-state index in [1.165, 1.54) is 46.4 Å². The van der Waals surface area contributed by atoms with Crippen LogP contribution in [0.2, 0.25) is 0 Å². The van der Waals surface area contributed by atoms with Gasteiger partial charge in [-0.1, -0.05) is 0 Å². The summed E-state index contributed by atoms with van der Waals surface area (Å²) in [5.41, 5.74) is -0.0322. The van der Waals surface area contributed by atoms with E-state index in [9.17, 15) is 30.3 Å². The Balaban J connectivity index is 1.55. The molecule has 1 fully saturated rings. The first-order valence-electron chi connectivity index (χ1n) is 11.3. The first kappa shape index (κ1) is 26.6. The maximum atomic E-state index is 13.1. The smallest absolute Gasteiger partial charge is 0.332 e. The molecule has 2 N–H and O–H groups in total. The molecule has 1 aliphatic heterocycles. The van der Waals surface area contributed by atoms with Gasteiger partial charge in [0, 0.05) is 42.5 Å². The van der Waals surface area contributed by atoms with Gasteiger partial charge in [-0.15, -0.1) is 3.89 Å².